The minimum Gasteiger partial charge on any atom is -0.496 e. The number of piperazine rings is 1. The molecule has 29 heavy (non-hydrogen) atoms. The molecule has 1 aliphatic rings. The molecule has 1 aliphatic heterocycles. The number of aromatic nitrogens is 1. The molecule has 0 saturated carbocycles. The molecule has 1 fully saturated rings. The van der Waals surface area contributed by atoms with Gasteiger partial charge in [0.05, 0.1) is 23.7 Å². The number of para-hydroxylation sites is 1. The number of methoxy groups -OCH3 is 1. The average Bonchev–Trinajstić information content (AvgIpc) is 3.37. The molecule has 0 spiro atoms. The van der Waals surface area contributed by atoms with Gasteiger partial charge >= 0.3 is 0 Å². The zero-order chi connectivity index (χ0) is 18.8. The summed E-state index contributed by atoms with van der Waals surface area (Å²) in [5, 5.41) is 6.34. The fraction of sp³-hybridized carbons (Fsp3) is 0.300. The van der Waals surface area contributed by atoms with Crippen molar-refractivity contribution >= 4 is 53.4 Å². The monoisotopic (exact) mass is 471 g/mol. The second-order valence-corrected chi connectivity index (χ2v) is 8.32. The molecule has 3 heterocycles. The lowest BCUT2D eigenvalue weighted by molar-refractivity contribution is 0.0635. The Morgan fingerprint density at radius 1 is 1.24 bits per heavy atom. The minimum atomic E-state index is -0.0610. The van der Waals surface area contributed by atoms with Gasteiger partial charge in [-0.15, -0.1) is 47.5 Å². The number of thiophene rings is 1. The van der Waals surface area contributed by atoms with E-state index in [0.29, 0.717) is 13.1 Å². The molecular formula is C20H23Cl2N3O2S2. The number of rotatable bonds is 4. The Bertz CT molecular complexity index is 947. The van der Waals surface area contributed by atoms with Crippen molar-refractivity contribution in [2.45, 2.75) is 13.0 Å². The SMILES string of the molecule is COc1ccccc1C1CNCCN1C(=O)c1sc(-c2cccs2)nc1C.Cl.Cl. The van der Waals surface area contributed by atoms with Crippen molar-refractivity contribution < 1.29 is 9.53 Å². The summed E-state index contributed by atoms with van der Waals surface area (Å²) in [6, 6.07) is 11.9. The van der Waals surface area contributed by atoms with Crippen LogP contribution in [0.25, 0.3) is 9.88 Å². The van der Waals surface area contributed by atoms with E-state index in [9.17, 15) is 4.79 Å². The molecule has 1 atom stereocenters. The molecule has 1 saturated heterocycles. The Morgan fingerprint density at radius 2 is 2.03 bits per heavy atom. The molecule has 9 heteroatoms. The second-order valence-electron chi connectivity index (χ2n) is 6.37. The zero-order valence-corrected chi connectivity index (χ0v) is 19.4. The molecule has 1 aromatic carbocycles. The molecule has 1 N–H and O–H groups in total. The van der Waals surface area contributed by atoms with E-state index >= 15 is 0 Å². The van der Waals surface area contributed by atoms with Gasteiger partial charge < -0.3 is 15.0 Å². The van der Waals surface area contributed by atoms with E-state index in [1.807, 2.05) is 53.6 Å². The molecule has 2 aromatic heterocycles. The lowest BCUT2D eigenvalue weighted by Crippen LogP contribution is -2.48. The highest BCUT2D eigenvalue weighted by Gasteiger charge is 2.32. The van der Waals surface area contributed by atoms with Gasteiger partial charge in [-0.3, -0.25) is 4.79 Å². The van der Waals surface area contributed by atoms with Crippen LogP contribution in [0.15, 0.2) is 41.8 Å². The van der Waals surface area contributed by atoms with Crippen molar-refractivity contribution in [1.29, 1.82) is 0 Å². The molecule has 5 nitrogen and oxygen atoms in total. The summed E-state index contributed by atoms with van der Waals surface area (Å²) in [6.07, 6.45) is 0. The van der Waals surface area contributed by atoms with Gasteiger partial charge in [-0.1, -0.05) is 24.3 Å². The van der Waals surface area contributed by atoms with Crippen molar-refractivity contribution in [3.8, 4) is 15.6 Å². The fourth-order valence-electron chi connectivity index (χ4n) is 3.40. The Morgan fingerprint density at radius 3 is 2.76 bits per heavy atom. The van der Waals surface area contributed by atoms with Crippen molar-refractivity contribution in [3.05, 3.63) is 57.9 Å². The summed E-state index contributed by atoms with van der Waals surface area (Å²) in [5.74, 6) is 0.856. The van der Waals surface area contributed by atoms with Crippen LogP contribution in [0.4, 0.5) is 0 Å². The first-order valence-corrected chi connectivity index (χ1v) is 10.5. The lowest BCUT2D eigenvalue weighted by atomic mass is 10.0. The molecule has 1 unspecified atom stereocenters. The van der Waals surface area contributed by atoms with E-state index in [4.69, 9.17) is 4.74 Å². The van der Waals surface area contributed by atoms with Gasteiger partial charge in [-0.25, -0.2) is 4.98 Å². The van der Waals surface area contributed by atoms with Gasteiger partial charge in [-0.05, 0) is 24.4 Å². The number of nitrogens with zero attached hydrogens (tertiary/aromatic N) is 2. The Hall–Kier alpha value is -1.64. The molecule has 1 amide bonds. The first-order chi connectivity index (χ1) is 13.2. The van der Waals surface area contributed by atoms with Crippen molar-refractivity contribution in [2.24, 2.45) is 0 Å². The summed E-state index contributed by atoms with van der Waals surface area (Å²) in [6.45, 7) is 4.07. The predicted molar refractivity (Wildman–Crippen MR) is 124 cm³/mol. The quantitative estimate of drug-likeness (QED) is 0.592. The third-order valence-electron chi connectivity index (χ3n) is 4.72. The van der Waals surface area contributed by atoms with Crippen molar-refractivity contribution in [1.82, 2.24) is 15.2 Å². The number of carbonyl (C=O) groups excluding carboxylic acids is 1. The van der Waals surface area contributed by atoms with Crippen LogP contribution in [0.3, 0.4) is 0 Å². The van der Waals surface area contributed by atoms with Gasteiger partial charge in [0, 0.05) is 25.2 Å². The molecule has 3 aromatic rings. The Kier molecular flexibility index (Phi) is 8.48. The summed E-state index contributed by atoms with van der Waals surface area (Å²) >= 11 is 3.13. The van der Waals surface area contributed by atoms with Crippen LogP contribution < -0.4 is 10.1 Å². The third-order valence-corrected chi connectivity index (χ3v) is 6.91. The summed E-state index contributed by atoms with van der Waals surface area (Å²) in [7, 11) is 1.67. The highest BCUT2D eigenvalue weighted by Crippen LogP contribution is 2.35. The summed E-state index contributed by atoms with van der Waals surface area (Å²) in [4.78, 5) is 21.8. The van der Waals surface area contributed by atoms with E-state index in [0.717, 1.165) is 38.3 Å². The summed E-state index contributed by atoms with van der Waals surface area (Å²) < 4.78 is 5.54. The number of nitrogens with one attached hydrogen (secondary N) is 1. The van der Waals surface area contributed by atoms with Crippen LogP contribution in [-0.4, -0.2) is 42.5 Å². The minimum absolute atomic E-state index is 0. The predicted octanol–water partition coefficient (Wildman–Crippen LogP) is 4.82. The number of amides is 1. The zero-order valence-electron chi connectivity index (χ0n) is 16.1. The molecule has 0 aliphatic carbocycles. The van der Waals surface area contributed by atoms with Gasteiger partial charge in [0.1, 0.15) is 15.6 Å². The number of hydrogen-bond acceptors (Lipinski definition) is 6. The van der Waals surface area contributed by atoms with Crippen molar-refractivity contribution in [2.75, 3.05) is 26.7 Å². The third kappa shape index (κ3) is 4.75. The maximum Gasteiger partial charge on any atom is 0.266 e. The number of benzene rings is 1. The molecule has 0 bridgehead atoms. The standard InChI is InChI=1S/C20H21N3O2S2.2ClH/c1-13-18(27-19(22-13)17-8-5-11-26-17)20(24)23-10-9-21-12-15(23)14-6-3-4-7-16(14)25-2;;/h3-8,11,15,21H,9-10,12H2,1-2H3;2*1H. The van der Waals surface area contributed by atoms with Gasteiger partial charge in [0.25, 0.3) is 5.91 Å². The number of ether oxygens (including phenoxy) is 1. The normalized spacial score (nSPS) is 15.9. The van der Waals surface area contributed by atoms with Crippen LogP contribution in [0.2, 0.25) is 0 Å². The van der Waals surface area contributed by atoms with Crippen LogP contribution in [0.1, 0.15) is 27.0 Å². The van der Waals surface area contributed by atoms with E-state index in [2.05, 4.69) is 10.3 Å². The number of aryl methyl sites for hydroxylation is 1. The number of thiazole rings is 1. The average molecular weight is 472 g/mol. The highest BCUT2D eigenvalue weighted by molar-refractivity contribution is 7.22. The molecule has 156 valence electrons. The summed E-state index contributed by atoms with van der Waals surface area (Å²) in [5.41, 5.74) is 1.83. The largest absolute Gasteiger partial charge is 0.496 e. The Balaban J connectivity index is 0.00000150. The molecular weight excluding hydrogens is 449 g/mol. The van der Waals surface area contributed by atoms with Crippen LogP contribution in [0.5, 0.6) is 5.75 Å². The van der Waals surface area contributed by atoms with Crippen LogP contribution in [0, 0.1) is 6.92 Å². The lowest BCUT2D eigenvalue weighted by Gasteiger charge is -2.37. The number of halogens is 2. The van der Waals surface area contributed by atoms with Gasteiger partial charge in [0.2, 0.25) is 0 Å². The highest BCUT2D eigenvalue weighted by atomic mass is 35.5. The van der Waals surface area contributed by atoms with Crippen LogP contribution >= 0.6 is 47.5 Å². The van der Waals surface area contributed by atoms with E-state index in [1.54, 1.807) is 18.4 Å². The van der Waals surface area contributed by atoms with Gasteiger partial charge in [0.15, 0.2) is 0 Å². The maximum atomic E-state index is 13.4. The molecule has 4 rings (SSSR count). The Labute approximate surface area is 190 Å². The van der Waals surface area contributed by atoms with Gasteiger partial charge in [-0.2, -0.15) is 0 Å². The van der Waals surface area contributed by atoms with E-state index in [1.165, 1.54) is 11.3 Å². The first-order valence-electron chi connectivity index (χ1n) is 8.85. The smallest absolute Gasteiger partial charge is 0.266 e. The van der Waals surface area contributed by atoms with E-state index < -0.39 is 0 Å². The van der Waals surface area contributed by atoms with E-state index in [-0.39, 0.29) is 36.8 Å². The maximum absolute atomic E-state index is 13.4. The number of hydrogen-bond donors (Lipinski definition) is 1. The van der Waals surface area contributed by atoms with Crippen LogP contribution in [-0.2, 0) is 0 Å². The fourth-order valence-corrected chi connectivity index (χ4v) is 5.22. The molecule has 0 radical (unpaired) electrons. The van der Waals surface area contributed by atoms with Crippen molar-refractivity contribution in [3.63, 3.8) is 0 Å². The topological polar surface area (TPSA) is 54.5 Å². The number of carbonyl (C=O) groups is 1. The first kappa shape index (κ1) is 23.6. The second kappa shape index (κ2) is 10.4.